The number of amidine groups is 1. The standard InChI is InChI=1S/C34H29F2N3O4/c1-22(2)30(24-16-18-27(19-17-24)43-34(35)36)32(40)38-39-31(25-11-5-3-6-12-25)37-29(33(39)41)21-23-10-9-15-28(20-23)42-26-13-7-4-8-14-26/h3-22,30,34H,1-2H3,(H,38,40)/b29-21-. The largest absolute Gasteiger partial charge is 0.457 e. The number of carbonyl (C=O) groups excluding carboxylic acids is 2. The van der Waals surface area contributed by atoms with E-state index in [2.05, 4.69) is 15.2 Å². The van der Waals surface area contributed by atoms with Gasteiger partial charge in [-0.15, -0.1) is 0 Å². The number of alkyl halides is 2. The van der Waals surface area contributed by atoms with Gasteiger partial charge < -0.3 is 9.47 Å². The summed E-state index contributed by atoms with van der Waals surface area (Å²) >= 11 is 0. The molecule has 0 aromatic heterocycles. The fraction of sp³-hybridized carbons (Fsp3) is 0.147. The van der Waals surface area contributed by atoms with Gasteiger partial charge in [0.25, 0.3) is 5.91 Å². The Balaban J connectivity index is 1.42. The van der Waals surface area contributed by atoms with Gasteiger partial charge in [0.2, 0.25) is 5.91 Å². The van der Waals surface area contributed by atoms with Crippen molar-refractivity contribution < 1.29 is 27.8 Å². The topological polar surface area (TPSA) is 80.2 Å². The van der Waals surface area contributed by atoms with E-state index in [0.29, 0.717) is 28.2 Å². The van der Waals surface area contributed by atoms with Gasteiger partial charge >= 0.3 is 6.61 Å². The van der Waals surface area contributed by atoms with Crippen molar-refractivity contribution >= 4 is 23.7 Å². The molecule has 1 aliphatic heterocycles. The molecule has 1 atom stereocenters. The van der Waals surface area contributed by atoms with Gasteiger partial charge in [-0.1, -0.05) is 86.6 Å². The fourth-order valence-corrected chi connectivity index (χ4v) is 4.73. The number of benzene rings is 4. The van der Waals surface area contributed by atoms with Crippen molar-refractivity contribution in [2.24, 2.45) is 10.9 Å². The summed E-state index contributed by atoms with van der Waals surface area (Å²) in [6, 6.07) is 31.6. The van der Waals surface area contributed by atoms with Crippen LogP contribution in [0.3, 0.4) is 0 Å². The second-order valence-electron chi connectivity index (χ2n) is 10.1. The number of halogens is 2. The molecular formula is C34H29F2N3O4. The average Bonchev–Trinajstić information content (AvgIpc) is 3.29. The molecule has 0 radical (unpaired) electrons. The molecule has 1 aliphatic rings. The number of amides is 2. The van der Waals surface area contributed by atoms with Crippen LogP contribution in [0.4, 0.5) is 8.78 Å². The van der Waals surface area contributed by atoms with E-state index < -0.39 is 24.3 Å². The maximum absolute atomic E-state index is 13.7. The van der Waals surface area contributed by atoms with E-state index in [0.717, 1.165) is 5.01 Å². The van der Waals surface area contributed by atoms with Gasteiger partial charge in [-0.3, -0.25) is 15.0 Å². The van der Waals surface area contributed by atoms with Crippen LogP contribution in [0.5, 0.6) is 17.2 Å². The zero-order valence-corrected chi connectivity index (χ0v) is 23.5. The SMILES string of the molecule is CC(C)C(C(=O)NN1C(=O)/C(=C/c2cccc(Oc3ccccc3)c2)N=C1c1ccccc1)c1ccc(OC(F)F)cc1. The monoisotopic (exact) mass is 581 g/mol. The number of hydrogen-bond donors (Lipinski definition) is 1. The molecule has 218 valence electrons. The summed E-state index contributed by atoms with van der Waals surface area (Å²) in [6.45, 7) is 0.775. The number of hydrogen-bond acceptors (Lipinski definition) is 5. The molecule has 0 aliphatic carbocycles. The first-order valence-corrected chi connectivity index (χ1v) is 13.7. The fourth-order valence-electron chi connectivity index (χ4n) is 4.73. The molecule has 0 saturated carbocycles. The Morgan fingerprint density at radius 3 is 2.14 bits per heavy atom. The summed E-state index contributed by atoms with van der Waals surface area (Å²) in [5, 5.41) is 1.15. The first-order valence-electron chi connectivity index (χ1n) is 13.7. The van der Waals surface area contributed by atoms with Crippen molar-refractivity contribution in [1.82, 2.24) is 10.4 Å². The Morgan fingerprint density at radius 2 is 1.49 bits per heavy atom. The highest BCUT2D eigenvalue weighted by atomic mass is 19.3. The maximum Gasteiger partial charge on any atom is 0.387 e. The van der Waals surface area contributed by atoms with Gasteiger partial charge in [0.1, 0.15) is 22.9 Å². The van der Waals surface area contributed by atoms with Crippen molar-refractivity contribution in [1.29, 1.82) is 0 Å². The molecule has 9 heteroatoms. The molecule has 0 spiro atoms. The van der Waals surface area contributed by atoms with Crippen molar-refractivity contribution in [3.63, 3.8) is 0 Å². The predicted octanol–water partition coefficient (Wildman–Crippen LogP) is 7.18. The summed E-state index contributed by atoms with van der Waals surface area (Å²) in [7, 11) is 0. The number of carbonyl (C=O) groups is 2. The molecule has 43 heavy (non-hydrogen) atoms. The van der Waals surface area contributed by atoms with Crippen molar-refractivity contribution in [2.45, 2.75) is 26.4 Å². The van der Waals surface area contributed by atoms with Gasteiger partial charge in [0.05, 0.1) is 5.92 Å². The average molecular weight is 582 g/mol. The summed E-state index contributed by atoms with van der Waals surface area (Å²) in [6.07, 6.45) is 1.64. The second-order valence-corrected chi connectivity index (χ2v) is 10.1. The smallest absolute Gasteiger partial charge is 0.387 e. The van der Waals surface area contributed by atoms with Crippen LogP contribution in [-0.2, 0) is 9.59 Å². The lowest BCUT2D eigenvalue weighted by molar-refractivity contribution is -0.134. The van der Waals surface area contributed by atoms with E-state index in [9.17, 15) is 18.4 Å². The van der Waals surface area contributed by atoms with Crippen LogP contribution in [-0.4, -0.2) is 29.3 Å². The number of aliphatic imine (C=N–C) groups is 1. The molecule has 5 rings (SSSR count). The third kappa shape index (κ3) is 7.13. The molecular weight excluding hydrogens is 552 g/mol. The highest BCUT2D eigenvalue weighted by molar-refractivity contribution is 6.20. The Kier molecular flexibility index (Phi) is 8.90. The number of nitrogens with one attached hydrogen (secondary N) is 1. The Bertz CT molecular complexity index is 1640. The number of rotatable bonds is 10. The lowest BCUT2D eigenvalue weighted by atomic mass is 9.88. The van der Waals surface area contributed by atoms with E-state index >= 15 is 0 Å². The van der Waals surface area contributed by atoms with Crippen LogP contribution in [0.25, 0.3) is 6.08 Å². The van der Waals surface area contributed by atoms with Crippen molar-refractivity contribution in [3.8, 4) is 17.2 Å². The summed E-state index contributed by atoms with van der Waals surface area (Å²) in [5.41, 5.74) is 4.80. The third-order valence-electron chi connectivity index (χ3n) is 6.67. The molecule has 7 nitrogen and oxygen atoms in total. The molecule has 4 aromatic rings. The van der Waals surface area contributed by atoms with Crippen LogP contribution in [0.15, 0.2) is 120 Å². The molecule has 2 amide bonds. The Hall–Kier alpha value is -5.31. The summed E-state index contributed by atoms with van der Waals surface area (Å²) in [4.78, 5) is 32.0. The molecule has 1 N–H and O–H groups in total. The van der Waals surface area contributed by atoms with Crippen LogP contribution in [0, 0.1) is 5.92 Å². The molecule has 0 bridgehead atoms. The zero-order chi connectivity index (χ0) is 30.3. The number of hydrazine groups is 1. The highest BCUT2D eigenvalue weighted by Gasteiger charge is 2.35. The quantitative estimate of drug-likeness (QED) is 0.201. The molecule has 0 fully saturated rings. The van der Waals surface area contributed by atoms with Gasteiger partial charge in [-0.05, 0) is 59.5 Å². The minimum absolute atomic E-state index is 0.0112. The van der Waals surface area contributed by atoms with Gasteiger partial charge in [0.15, 0.2) is 5.84 Å². The number of ether oxygens (including phenoxy) is 2. The lowest BCUT2D eigenvalue weighted by Gasteiger charge is -2.25. The highest BCUT2D eigenvalue weighted by Crippen LogP contribution is 2.29. The first-order chi connectivity index (χ1) is 20.8. The van der Waals surface area contributed by atoms with E-state index in [1.165, 1.54) is 12.1 Å². The van der Waals surface area contributed by atoms with Crippen molar-refractivity contribution in [2.75, 3.05) is 0 Å². The minimum Gasteiger partial charge on any atom is -0.457 e. The summed E-state index contributed by atoms with van der Waals surface area (Å²) in [5.74, 6) is -0.303. The molecule has 4 aromatic carbocycles. The van der Waals surface area contributed by atoms with E-state index in [1.54, 1.807) is 36.4 Å². The maximum atomic E-state index is 13.7. The van der Waals surface area contributed by atoms with Crippen LogP contribution < -0.4 is 14.9 Å². The number of para-hydroxylation sites is 1. The molecule has 1 heterocycles. The van der Waals surface area contributed by atoms with E-state index in [-0.39, 0.29) is 23.2 Å². The van der Waals surface area contributed by atoms with Gasteiger partial charge in [0, 0.05) is 5.56 Å². The van der Waals surface area contributed by atoms with Gasteiger partial charge in [-0.2, -0.15) is 13.8 Å². The van der Waals surface area contributed by atoms with Crippen LogP contribution in [0.1, 0.15) is 36.5 Å². The Labute approximate surface area is 248 Å². The minimum atomic E-state index is -2.95. The normalized spacial score (nSPS) is 14.7. The van der Waals surface area contributed by atoms with E-state index in [1.807, 2.05) is 80.6 Å². The molecule has 0 saturated heterocycles. The summed E-state index contributed by atoms with van der Waals surface area (Å²) < 4.78 is 35.6. The van der Waals surface area contributed by atoms with E-state index in [4.69, 9.17) is 4.74 Å². The van der Waals surface area contributed by atoms with Crippen LogP contribution >= 0.6 is 0 Å². The third-order valence-corrected chi connectivity index (χ3v) is 6.67. The first kappa shape index (κ1) is 29.2. The Morgan fingerprint density at radius 1 is 0.837 bits per heavy atom. The molecule has 1 unspecified atom stereocenters. The predicted molar refractivity (Wildman–Crippen MR) is 160 cm³/mol. The lowest BCUT2D eigenvalue weighted by Crippen LogP contribution is -2.49. The zero-order valence-electron chi connectivity index (χ0n) is 23.5. The van der Waals surface area contributed by atoms with Gasteiger partial charge in [-0.25, -0.2) is 4.99 Å². The van der Waals surface area contributed by atoms with Crippen LogP contribution in [0.2, 0.25) is 0 Å². The second kappa shape index (κ2) is 13.1. The van der Waals surface area contributed by atoms with Crippen molar-refractivity contribution in [3.05, 3.63) is 132 Å². The number of nitrogens with zero attached hydrogens (tertiary/aromatic N) is 2.